The summed E-state index contributed by atoms with van der Waals surface area (Å²) >= 11 is 0. The summed E-state index contributed by atoms with van der Waals surface area (Å²) in [5, 5.41) is 2.91. The summed E-state index contributed by atoms with van der Waals surface area (Å²) in [5.41, 5.74) is 4.49. The summed E-state index contributed by atoms with van der Waals surface area (Å²) in [6, 6.07) is 21.8. The van der Waals surface area contributed by atoms with Gasteiger partial charge in [0.2, 0.25) is 10.0 Å². The molecule has 0 aromatic heterocycles. The van der Waals surface area contributed by atoms with E-state index in [1.165, 1.54) is 4.31 Å². The molecule has 3 aromatic rings. The lowest BCUT2D eigenvalue weighted by Crippen LogP contribution is -2.31. The lowest BCUT2D eigenvalue weighted by Gasteiger charge is -2.21. The summed E-state index contributed by atoms with van der Waals surface area (Å²) in [4.78, 5) is 12.7. The third-order valence-corrected chi connectivity index (χ3v) is 6.93. The van der Waals surface area contributed by atoms with E-state index in [9.17, 15) is 13.2 Å². The monoisotopic (exact) mass is 448 g/mol. The van der Waals surface area contributed by atoms with E-state index in [2.05, 4.69) is 11.9 Å². The van der Waals surface area contributed by atoms with Gasteiger partial charge in [-0.15, -0.1) is 6.58 Å². The van der Waals surface area contributed by atoms with Gasteiger partial charge in [-0.3, -0.25) is 4.79 Å². The van der Waals surface area contributed by atoms with Gasteiger partial charge in [0, 0.05) is 25.2 Å². The molecule has 0 unspecified atom stereocenters. The Morgan fingerprint density at radius 2 is 1.62 bits per heavy atom. The molecule has 3 aromatic carbocycles. The predicted octanol–water partition coefficient (Wildman–Crippen LogP) is 4.61. The first-order chi connectivity index (χ1) is 15.3. The fraction of sp³-hybridized carbons (Fsp3) is 0.192. The van der Waals surface area contributed by atoms with Gasteiger partial charge < -0.3 is 5.32 Å². The summed E-state index contributed by atoms with van der Waals surface area (Å²) in [7, 11) is -3.66. The van der Waals surface area contributed by atoms with Crippen LogP contribution in [-0.4, -0.2) is 25.2 Å². The molecular weight excluding hydrogens is 420 g/mol. The van der Waals surface area contributed by atoms with Crippen LogP contribution in [0.1, 0.15) is 32.6 Å². The quantitative estimate of drug-likeness (QED) is 0.486. The highest BCUT2D eigenvalue weighted by atomic mass is 32.2. The van der Waals surface area contributed by atoms with Gasteiger partial charge >= 0.3 is 0 Å². The maximum absolute atomic E-state index is 13.1. The van der Waals surface area contributed by atoms with Crippen molar-refractivity contribution in [2.75, 3.05) is 6.54 Å². The molecule has 0 saturated heterocycles. The molecule has 0 radical (unpaired) electrons. The average Bonchev–Trinajstić information content (AvgIpc) is 2.78. The standard InChI is InChI=1S/C26H28N2O3S/c1-4-16-28(32(30,31)25-14-8-20(2)9-15-25)19-22-10-12-24(13-11-22)26(29)27-18-23-7-5-6-21(3)17-23/h4-15,17H,1,16,18-19H2,2-3H3,(H,27,29). The molecule has 32 heavy (non-hydrogen) atoms. The second-order valence-electron chi connectivity index (χ2n) is 7.77. The van der Waals surface area contributed by atoms with Gasteiger partial charge in [-0.05, 0) is 49.2 Å². The Morgan fingerprint density at radius 1 is 0.938 bits per heavy atom. The van der Waals surface area contributed by atoms with Crippen LogP contribution in [-0.2, 0) is 23.1 Å². The number of rotatable bonds is 9. The Hall–Kier alpha value is -3.22. The first-order valence-corrected chi connectivity index (χ1v) is 11.8. The smallest absolute Gasteiger partial charge is 0.251 e. The SMILES string of the molecule is C=CCN(Cc1ccc(C(=O)NCc2cccc(C)c2)cc1)S(=O)(=O)c1ccc(C)cc1. The molecule has 0 aliphatic carbocycles. The zero-order valence-corrected chi connectivity index (χ0v) is 19.2. The zero-order chi connectivity index (χ0) is 23.1. The van der Waals surface area contributed by atoms with Gasteiger partial charge in [-0.1, -0.05) is 65.7 Å². The van der Waals surface area contributed by atoms with Gasteiger partial charge in [0.1, 0.15) is 0 Å². The summed E-state index contributed by atoms with van der Waals surface area (Å²) in [6.45, 7) is 8.44. The highest BCUT2D eigenvalue weighted by molar-refractivity contribution is 7.89. The van der Waals surface area contributed by atoms with Crippen LogP contribution < -0.4 is 5.32 Å². The molecule has 1 N–H and O–H groups in total. The van der Waals surface area contributed by atoms with E-state index in [0.717, 1.165) is 22.3 Å². The molecule has 0 aliphatic heterocycles. The number of aryl methyl sites for hydroxylation is 2. The van der Waals surface area contributed by atoms with Crippen LogP contribution >= 0.6 is 0 Å². The number of hydrogen-bond acceptors (Lipinski definition) is 3. The maximum atomic E-state index is 13.1. The first kappa shape index (κ1) is 23.4. The second kappa shape index (κ2) is 10.4. The van der Waals surface area contributed by atoms with Gasteiger partial charge in [-0.25, -0.2) is 8.42 Å². The number of carbonyl (C=O) groups is 1. The number of amides is 1. The highest BCUT2D eigenvalue weighted by Crippen LogP contribution is 2.19. The lowest BCUT2D eigenvalue weighted by molar-refractivity contribution is 0.0951. The number of carbonyl (C=O) groups excluding carboxylic acids is 1. The fourth-order valence-electron chi connectivity index (χ4n) is 3.32. The molecule has 0 fully saturated rings. The van der Waals surface area contributed by atoms with Gasteiger partial charge in [0.05, 0.1) is 4.90 Å². The van der Waals surface area contributed by atoms with E-state index in [4.69, 9.17) is 0 Å². The Morgan fingerprint density at radius 3 is 2.25 bits per heavy atom. The summed E-state index contributed by atoms with van der Waals surface area (Å²) < 4.78 is 27.5. The van der Waals surface area contributed by atoms with Crippen LogP contribution in [0.15, 0.2) is 90.3 Å². The largest absolute Gasteiger partial charge is 0.348 e. The van der Waals surface area contributed by atoms with E-state index in [0.29, 0.717) is 12.1 Å². The Bertz CT molecular complexity index is 1180. The molecule has 166 valence electrons. The van der Waals surface area contributed by atoms with Crippen LogP contribution in [0, 0.1) is 13.8 Å². The van der Waals surface area contributed by atoms with Gasteiger partial charge in [-0.2, -0.15) is 4.31 Å². The Labute approximate surface area is 190 Å². The van der Waals surface area contributed by atoms with Gasteiger partial charge in [0.15, 0.2) is 0 Å². The van der Waals surface area contributed by atoms with E-state index in [1.54, 1.807) is 54.6 Å². The second-order valence-corrected chi connectivity index (χ2v) is 9.71. The van der Waals surface area contributed by atoms with Gasteiger partial charge in [0.25, 0.3) is 5.91 Å². The van der Waals surface area contributed by atoms with Crippen LogP contribution in [0.5, 0.6) is 0 Å². The molecule has 6 heteroatoms. The molecule has 0 saturated carbocycles. The molecule has 1 amide bonds. The van der Waals surface area contributed by atoms with Crippen LogP contribution in [0.4, 0.5) is 0 Å². The number of benzene rings is 3. The number of nitrogens with zero attached hydrogens (tertiary/aromatic N) is 1. The van der Waals surface area contributed by atoms with Crippen molar-refractivity contribution in [3.05, 3.63) is 113 Å². The van der Waals surface area contributed by atoms with E-state index in [-0.39, 0.29) is 23.9 Å². The summed E-state index contributed by atoms with van der Waals surface area (Å²) in [5.74, 6) is -0.173. The highest BCUT2D eigenvalue weighted by Gasteiger charge is 2.23. The lowest BCUT2D eigenvalue weighted by atomic mass is 10.1. The van der Waals surface area contributed by atoms with E-state index < -0.39 is 10.0 Å². The van der Waals surface area contributed by atoms with Crippen LogP contribution in [0.3, 0.4) is 0 Å². The minimum absolute atomic E-state index is 0.173. The molecule has 0 heterocycles. The fourth-order valence-corrected chi connectivity index (χ4v) is 4.72. The van der Waals surface area contributed by atoms with Crippen molar-refractivity contribution in [1.29, 1.82) is 0 Å². The third-order valence-electron chi connectivity index (χ3n) is 5.10. The minimum atomic E-state index is -3.66. The van der Waals surface area contributed by atoms with Crippen molar-refractivity contribution >= 4 is 15.9 Å². The molecule has 5 nitrogen and oxygen atoms in total. The molecule has 0 aliphatic rings. The maximum Gasteiger partial charge on any atom is 0.251 e. The predicted molar refractivity (Wildman–Crippen MR) is 128 cm³/mol. The van der Waals surface area contributed by atoms with Crippen molar-refractivity contribution < 1.29 is 13.2 Å². The van der Waals surface area contributed by atoms with Crippen molar-refractivity contribution in [3.8, 4) is 0 Å². The average molecular weight is 449 g/mol. The molecule has 3 rings (SSSR count). The van der Waals surface area contributed by atoms with Crippen LogP contribution in [0.25, 0.3) is 0 Å². The van der Waals surface area contributed by atoms with Crippen molar-refractivity contribution in [3.63, 3.8) is 0 Å². The normalized spacial score (nSPS) is 11.3. The first-order valence-electron chi connectivity index (χ1n) is 10.4. The molecule has 0 spiro atoms. The topological polar surface area (TPSA) is 66.5 Å². The van der Waals surface area contributed by atoms with Crippen LogP contribution in [0.2, 0.25) is 0 Å². The Kier molecular flexibility index (Phi) is 7.62. The number of sulfonamides is 1. The number of hydrogen-bond donors (Lipinski definition) is 1. The van der Waals surface area contributed by atoms with E-state index in [1.807, 2.05) is 38.1 Å². The third kappa shape index (κ3) is 5.93. The van der Waals surface area contributed by atoms with Crippen molar-refractivity contribution in [2.24, 2.45) is 0 Å². The molecule has 0 atom stereocenters. The Balaban J connectivity index is 1.69. The molecule has 0 bridgehead atoms. The van der Waals surface area contributed by atoms with Crippen molar-refractivity contribution in [2.45, 2.75) is 31.8 Å². The zero-order valence-electron chi connectivity index (χ0n) is 18.4. The van der Waals surface area contributed by atoms with Crippen molar-refractivity contribution in [1.82, 2.24) is 9.62 Å². The van der Waals surface area contributed by atoms with E-state index >= 15 is 0 Å². The molecular formula is C26H28N2O3S. The minimum Gasteiger partial charge on any atom is -0.348 e. The number of nitrogens with one attached hydrogen (secondary N) is 1. The summed E-state index contributed by atoms with van der Waals surface area (Å²) in [6.07, 6.45) is 1.57.